The van der Waals surface area contributed by atoms with Crippen molar-refractivity contribution in [2.75, 3.05) is 24.9 Å². The second-order valence-corrected chi connectivity index (χ2v) is 8.04. The van der Waals surface area contributed by atoms with Crippen LogP contribution in [0.4, 0.5) is 18.9 Å². The Bertz CT molecular complexity index is 932. The van der Waals surface area contributed by atoms with E-state index in [4.69, 9.17) is 11.6 Å². The minimum atomic E-state index is -4.78. The van der Waals surface area contributed by atoms with E-state index in [2.05, 4.69) is 0 Å². The summed E-state index contributed by atoms with van der Waals surface area (Å²) in [6, 6.07) is 9.83. The number of hydrogen-bond acceptors (Lipinski definition) is 3. The van der Waals surface area contributed by atoms with E-state index in [0.29, 0.717) is 10.4 Å². The number of halogens is 4. The molecule has 2 rings (SSSR count). The zero-order chi connectivity index (χ0) is 20.4. The summed E-state index contributed by atoms with van der Waals surface area (Å²) in [6.45, 7) is -0.664. The molecule has 0 spiro atoms. The highest BCUT2D eigenvalue weighted by atomic mass is 35.5. The SMILES string of the molecule is CN(C)C(=O)CN(c1ccc(Cl)c(C(F)(F)F)c1)S(=O)(=O)c1ccccc1. The maximum absolute atomic E-state index is 13.2. The Kier molecular flexibility index (Phi) is 6.06. The molecule has 146 valence electrons. The molecule has 0 aliphatic heterocycles. The molecule has 0 aromatic heterocycles. The first-order valence-corrected chi connectivity index (χ1v) is 9.41. The second-order valence-electron chi connectivity index (χ2n) is 5.77. The molecule has 0 unspecified atom stereocenters. The monoisotopic (exact) mass is 420 g/mol. The molecule has 0 atom stereocenters. The Balaban J connectivity index is 2.63. The number of anilines is 1. The molecule has 0 bridgehead atoms. The maximum Gasteiger partial charge on any atom is 0.417 e. The van der Waals surface area contributed by atoms with E-state index < -0.39 is 39.2 Å². The van der Waals surface area contributed by atoms with E-state index in [1.807, 2.05) is 0 Å². The van der Waals surface area contributed by atoms with Crippen LogP contribution in [0.15, 0.2) is 53.4 Å². The first kappa shape index (κ1) is 21.0. The molecule has 5 nitrogen and oxygen atoms in total. The van der Waals surface area contributed by atoms with Gasteiger partial charge in [-0.2, -0.15) is 13.2 Å². The van der Waals surface area contributed by atoms with E-state index in [0.717, 1.165) is 17.0 Å². The largest absolute Gasteiger partial charge is 0.417 e. The molecule has 0 aliphatic carbocycles. The zero-order valence-electron chi connectivity index (χ0n) is 14.4. The summed E-state index contributed by atoms with van der Waals surface area (Å²) in [7, 11) is -1.45. The molecular formula is C17H16ClF3N2O3S. The Hall–Kier alpha value is -2.26. The van der Waals surface area contributed by atoms with Crippen LogP contribution in [-0.2, 0) is 21.0 Å². The predicted molar refractivity (Wildman–Crippen MR) is 96.1 cm³/mol. The van der Waals surface area contributed by atoms with Gasteiger partial charge in [-0.3, -0.25) is 9.10 Å². The van der Waals surface area contributed by atoms with Crippen molar-refractivity contribution in [1.29, 1.82) is 0 Å². The lowest BCUT2D eigenvalue weighted by atomic mass is 10.2. The summed E-state index contributed by atoms with van der Waals surface area (Å²) in [5, 5.41) is -0.567. The van der Waals surface area contributed by atoms with Gasteiger partial charge in [0.15, 0.2) is 0 Å². The van der Waals surface area contributed by atoms with Gasteiger partial charge in [0.25, 0.3) is 10.0 Å². The van der Waals surface area contributed by atoms with Gasteiger partial charge in [-0.1, -0.05) is 29.8 Å². The Labute approximate surface area is 160 Å². The van der Waals surface area contributed by atoms with Gasteiger partial charge in [-0.25, -0.2) is 8.42 Å². The zero-order valence-corrected chi connectivity index (χ0v) is 15.9. The number of hydrogen-bond donors (Lipinski definition) is 0. The molecule has 0 fully saturated rings. The van der Waals surface area contributed by atoms with Crippen LogP contribution in [0.1, 0.15) is 5.56 Å². The van der Waals surface area contributed by atoms with Gasteiger partial charge < -0.3 is 4.90 Å². The van der Waals surface area contributed by atoms with Gasteiger partial charge in [-0.15, -0.1) is 0 Å². The minimum Gasteiger partial charge on any atom is -0.347 e. The number of benzene rings is 2. The fourth-order valence-electron chi connectivity index (χ4n) is 2.18. The number of alkyl halides is 3. The third-order valence-corrected chi connectivity index (χ3v) is 5.77. The lowest BCUT2D eigenvalue weighted by Crippen LogP contribution is -2.40. The van der Waals surface area contributed by atoms with Crippen molar-refractivity contribution in [2.24, 2.45) is 0 Å². The van der Waals surface area contributed by atoms with Crippen molar-refractivity contribution < 1.29 is 26.4 Å². The Morgan fingerprint density at radius 1 is 1.07 bits per heavy atom. The van der Waals surface area contributed by atoms with Crippen molar-refractivity contribution in [3.05, 3.63) is 59.1 Å². The highest BCUT2D eigenvalue weighted by Gasteiger charge is 2.35. The van der Waals surface area contributed by atoms with Gasteiger partial charge in [-0.05, 0) is 30.3 Å². The third kappa shape index (κ3) is 4.72. The van der Waals surface area contributed by atoms with Crippen molar-refractivity contribution in [1.82, 2.24) is 4.90 Å². The number of likely N-dealkylation sites (N-methyl/N-ethyl adjacent to an activating group) is 1. The molecular weight excluding hydrogens is 405 g/mol. The van der Waals surface area contributed by atoms with Crippen LogP contribution < -0.4 is 4.31 Å². The summed E-state index contributed by atoms with van der Waals surface area (Å²) < 4.78 is 66.1. The molecule has 0 saturated heterocycles. The van der Waals surface area contributed by atoms with Crippen LogP contribution in [-0.4, -0.2) is 39.9 Å². The van der Waals surface area contributed by atoms with Crippen LogP contribution in [0.2, 0.25) is 5.02 Å². The van der Waals surface area contributed by atoms with Crippen molar-refractivity contribution in [3.63, 3.8) is 0 Å². The van der Waals surface area contributed by atoms with Crippen LogP contribution in [0.25, 0.3) is 0 Å². The molecule has 10 heteroatoms. The van der Waals surface area contributed by atoms with Crippen LogP contribution in [0, 0.1) is 0 Å². The van der Waals surface area contributed by atoms with Crippen LogP contribution in [0.3, 0.4) is 0 Å². The number of nitrogens with zero attached hydrogens (tertiary/aromatic N) is 2. The van der Waals surface area contributed by atoms with E-state index in [1.165, 1.54) is 38.4 Å². The molecule has 0 heterocycles. The van der Waals surface area contributed by atoms with E-state index in [9.17, 15) is 26.4 Å². The van der Waals surface area contributed by atoms with Crippen molar-refractivity contribution in [2.45, 2.75) is 11.1 Å². The molecule has 0 aliphatic rings. The summed E-state index contributed by atoms with van der Waals surface area (Å²) in [5.74, 6) is -0.599. The fourth-order valence-corrected chi connectivity index (χ4v) is 3.84. The van der Waals surface area contributed by atoms with Crippen LogP contribution >= 0.6 is 11.6 Å². The van der Waals surface area contributed by atoms with Gasteiger partial charge >= 0.3 is 6.18 Å². The van der Waals surface area contributed by atoms with Crippen molar-refractivity contribution >= 4 is 33.2 Å². The fraction of sp³-hybridized carbons (Fsp3) is 0.235. The molecule has 27 heavy (non-hydrogen) atoms. The second kappa shape index (κ2) is 7.77. The Morgan fingerprint density at radius 2 is 1.67 bits per heavy atom. The summed E-state index contributed by atoms with van der Waals surface area (Å²) in [5.41, 5.74) is -1.50. The van der Waals surface area contributed by atoms with Gasteiger partial charge in [0.2, 0.25) is 5.91 Å². The summed E-state index contributed by atoms with van der Waals surface area (Å²) in [6.07, 6.45) is -4.78. The number of rotatable bonds is 5. The smallest absolute Gasteiger partial charge is 0.347 e. The number of carbonyl (C=O) groups is 1. The van der Waals surface area contributed by atoms with Gasteiger partial charge in [0.05, 0.1) is 21.2 Å². The van der Waals surface area contributed by atoms with Crippen LogP contribution in [0.5, 0.6) is 0 Å². The first-order valence-electron chi connectivity index (χ1n) is 7.59. The molecule has 0 radical (unpaired) electrons. The van der Waals surface area contributed by atoms with E-state index >= 15 is 0 Å². The van der Waals surface area contributed by atoms with E-state index in [-0.39, 0.29) is 10.6 Å². The average molecular weight is 421 g/mol. The number of sulfonamides is 1. The Morgan fingerprint density at radius 3 is 2.19 bits per heavy atom. The first-order chi connectivity index (χ1) is 12.4. The molecule has 0 saturated carbocycles. The molecule has 2 aromatic rings. The van der Waals surface area contributed by atoms with Gasteiger partial charge in [0.1, 0.15) is 6.54 Å². The highest BCUT2D eigenvalue weighted by molar-refractivity contribution is 7.92. The van der Waals surface area contributed by atoms with Crippen molar-refractivity contribution in [3.8, 4) is 0 Å². The quantitative estimate of drug-likeness (QED) is 0.742. The third-order valence-electron chi connectivity index (χ3n) is 3.65. The standard InChI is InChI=1S/C17H16ClF3N2O3S/c1-22(2)16(24)11-23(27(25,26)13-6-4-3-5-7-13)12-8-9-15(18)14(10-12)17(19,20)21/h3-10H,11H2,1-2H3. The number of amides is 1. The number of carbonyl (C=O) groups excluding carboxylic acids is 1. The maximum atomic E-state index is 13.2. The summed E-state index contributed by atoms with van der Waals surface area (Å²) >= 11 is 5.61. The van der Waals surface area contributed by atoms with E-state index in [1.54, 1.807) is 6.07 Å². The summed E-state index contributed by atoms with van der Waals surface area (Å²) in [4.78, 5) is 13.1. The minimum absolute atomic E-state index is 0.153. The lowest BCUT2D eigenvalue weighted by Gasteiger charge is -2.26. The van der Waals surface area contributed by atoms with Gasteiger partial charge in [0, 0.05) is 14.1 Å². The normalized spacial score (nSPS) is 11.9. The average Bonchev–Trinajstić information content (AvgIpc) is 2.59. The highest BCUT2D eigenvalue weighted by Crippen LogP contribution is 2.37. The molecule has 2 aromatic carbocycles. The lowest BCUT2D eigenvalue weighted by molar-refractivity contribution is -0.137. The predicted octanol–water partition coefficient (Wildman–Crippen LogP) is 3.64. The topological polar surface area (TPSA) is 57.7 Å². The molecule has 1 amide bonds. The molecule has 0 N–H and O–H groups in total.